The standard InChI is InChI=1S/C16H22N4O3/c1-6-23-13(21)9-20(16(2,3)4)15(22)11-7-12-14(17-8-11)19(5)10-18-12/h7-8,10H,6,9H2,1-5H3. The molecule has 0 fully saturated rings. The second-order valence-electron chi connectivity index (χ2n) is 6.29. The molecule has 0 aliphatic heterocycles. The highest BCUT2D eigenvalue weighted by molar-refractivity contribution is 5.98. The Bertz CT molecular complexity index is 730. The number of rotatable bonds is 4. The highest BCUT2D eigenvalue weighted by atomic mass is 16.5. The van der Waals surface area contributed by atoms with Crippen molar-refractivity contribution in [2.45, 2.75) is 33.2 Å². The number of fused-ring (bicyclic) bond motifs is 1. The molecule has 0 spiro atoms. The normalized spacial score (nSPS) is 11.5. The van der Waals surface area contributed by atoms with E-state index in [4.69, 9.17) is 4.74 Å². The van der Waals surface area contributed by atoms with Crippen molar-refractivity contribution in [2.75, 3.05) is 13.2 Å². The van der Waals surface area contributed by atoms with Crippen molar-refractivity contribution in [1.29, 1.82) is 0 Å². The molecule has 2 aromatic heterocycles. The summed E-state index contributed by atoms with van der Waals surface area (Å²) in [7, 11) is 1.84. The van der Waals surface area contributed by atoms with Crippen molar-refractivity contribution in [2.24, 2.45) is 7.05 Å². The number of carbonyl (C=O) groups is 2. The Kier molecular flexibility index (Phi) is 4.68. The van der Waals surface area contributed by atoms with Crippen LogP contribution in [0.3, 0.4) is 0 Å². The molecule has 2 rings (SSSR count). The van der Waals surface area contributed by atoms with Crippen LogP contribution >= 0.6 is 0 Å². The van der Waals surface area contributed by atoms with Gasteiger partial charge in [-0.3, -0.25) is 9.59 Å². The molecule has 0 saturated carbocycles. The quantitative estimate of drug-likeness (QED) is 0.803. The molecule has 2 heterocycles. The number of amides is 1. The third-order valence-electron chi connectivity index (χ3n) is 3.45. The summed E-state index contributed by atoms with van der Waals surface area (Å²) in [4.78, 5) is 34.6. The lowest BCUT2D eigenvalue weighted by atomic mass is 10.0. The van der Waals surface area contributed by atoms with Crippen molar-refractivity contribution in [3.8, 4) is 0 Å². The van der Waals surface area contributed by atoms with E-state index < -0.39 is 11.5 Å². The summed E-state index contributed by atoms with van der Waals surface area (Å²) in [5, 5.41) is 0. The molecule has 0 radical (unpaired) electrons. The van der Waals surface area contributed by atoms with Crippen LogP contribution in [0.15, 0.2) is 18.6 Å². The third-order valence-corrected chi connectivity index (χ3v) is 3.45. The summed E-state index contributed by atoms with van der Waals surface area (Å²) in [6.07, 6.45) is 3.16. The smallest absolute Gasteiger partial charge is 0.325 e. The van der Waals surface area contributed by atoms with Crippen LogP contribution in [0.5, 0.6) is 0 Å². The van der Waals surface area contributed by atoms with Gasteiger partial charge in [-0.05, 0) is 33.8 Å². The molecule has 0 unspecified atom stereocenters. The second-order valence-corrected chi connectivity index (χ2v) is 6.29. The molecule has 0 bridgehead atoms. The lowest BCUT2D eigenvalue weighted by molar-refractivity contribution is -0.144. The Hall–Kier alpha value is -2.44. The fourth-order valence-electron chi connectivity index (χ4n) is 2.24. The van der Waals surface area contributed by atoms with E-state index in [1.807, 2.05) is 27.8 Å². The molecule has 1 amide bonds. The van der Waals surface area contributed by atoms with Crippen LogP contribution in [0.1, 0.15) is 38.1 Å². The van der Waals surface area contributed by atoms with Gasteiger partial charge in [-0.15, -0.1) is 0 Å². The van der Waals surface area contributed by atoms with Gasteiger partial charge >= 0.3 is 5.97 Å². The molecule has 7 nitrogen and oxygen atoms in total. The fraction of sp³-hybridized carbons (Fsp3) is 0.500. The van der Waals surface area contributed by atoms with E-state index in [-0.39, 0.29) is 19.1 Å². The first-order valence-electron chi connectivity index (χ1n) is 7.48. The zero-order valence-electron chi connectivity index (χ0n) is 14.2. The van der Waals surface area contributed by atoms with E-state index in [1.54, 1.807) is 23.9 Å². The molecule has 0 N–H and O–H groups in total. The minimum absolute atomic E-state index is 0.101. The number of carbonyl (C=O) groups excluding carboxylic acids is 2. The second kappa shape index (κ2) is 6.36. The van der Waals surface area contributed by atoms with Gasteiger partial charge in [-0.2, -0.15) is 0 Å². The number of aromatic nitrogens is 3. The average molecular weight is 318 g/mol. The van der Waals surface area contributed by atoms with Gasteiger partial charge in [0.05, 0.1) is 18.5 Å². The first kappa shape index (κ1) is 16.9. The Morgan fingerprint density at radius 2 is 2.00 bits per heavy atom. The topological polar surface area (TPSA) is 77.3 Å². The predicted molar refractivity (Wildman–Crippen MR) is 85.9 cm³/mol. The summed E-state index contributed by atoms with van der Waals surface area (Å²) in [5.41, 5.74) is 1.22. The van der Waals surface area contributed by atoms with Crippen molar-refractivity contribution in [3.63, 3.8) is 0 Å². The van der Waals surface area contributed by atoms with Crippen LogP contribution in [0.2, 0.25) is 0 Å². The minimum Gasteiger partial charge on any atom is -0.465 e. The zero-order valence-corrected chi connectivity index (χ0v) is 14.2. The molecule has 7 heteroatoms. The van der Waals surface area contributed by atoms with Crippen LogP contribution in [-0.4, -0.2) is 50.0 Å². The van der Waals surface area contributed by atoms with Crippen molar-refractivity contribution >= 4 is 23.0 Å². The third kappa shape index (κ3) is 3.67. The number of pyridine rings is 1. The van der Waals surface area contributed by atoms with Gasteiger partial charge in [-0.25, -0.2) is 9.97 Å². The lowest BCUT2D eigenvalue weighted by Crippen LogP contribution is -2.48. The fourth-order valence-corrected chi connectivity index (χ4v) is 2.24. The van der Waals surface area contributed by atoms with Gasteiger partial charge in [0.15, 0.2) is 5.65 Å². The maximum absolute atomic E-state index is 12.8. The number of ether oxygens (including phenoxy) is 1. The van der Waals surface area contributed by atoms with Gasteiger partial charge in [-0.1, -0.05) is 0 Å². The maximum Gasteiger partial charge on any atom is 0.325 e. The molecule has 2 aromatic rings. The van der Waals surface area contributed by atoms with E-state index in [0.29, 0.717) is 16.7 Å². The molecule has 124 valence electrons. The molecule has 0 aliphatic rings. The first-order valence-corrected chi connectivity index (χ1v) is 7.48. The van der Waals surface area contributed by atoms with E-state index in [2.05, 4.69) is 9.97 Å². The van der Waals surface area contributed by atoms with Crippen LogP contribution < -0.4 is 0 Å². The molecular formula is C16H22N4O3. The highest BCUT2D eigenvalue weighted by Gasteiger charge is 2.30. The average Bonchev–Trinajstić information content (AvgIpc) is 2.84. The first-order chi connectivity index (χ1) is 10.7. The summed E-state index contributed by atoms with van der Waals surface area (Å²) in [6, 6.07) is 1.69. The molecular weight excluding hydrogens is 296 g/mol. The predicted octanol–water partition coefficient (Wildman–Crippen LogP) is 1.77. The van der Waals surface area contributed by atoms with E-state index >= 15 is 0 Å². The summed E-state index contributed by atoms with van der Waals surface area (Å²) in [6.45, 7) is 7.54. The molecule has 23 heavy (non-hydrogen) atoms. The molecule has 0 aromatic carbocycles. The largest absolute Gasteiger partial charge is 0.465 e. The molecule has 0 aliphatic carbocycles. The SMILES string of the molecule is CCOC(=O)CN(C(=O)c1cnc2c(c1)ncn2C)C(C)(C)C. The molecule has 0 atom stereocenters. The van der Waals surface area contributed by atoms with Gasteiger partial charge in [0.2, 0.25) is 0 Å². The number of hydrogen-bond donors (Lipinski definition) is 0. The summed E-state index contributed by atoms with van der Waals surface area (Å²) >= 11 is 0. The van der Waals surface area contributed by atoms with E-state index in [0.717, 1.165) is 0 Å². The van der Waals surface area contributed by atoms with Crippen molar-refractivity contribution < 1.29 is 14.3 Å². The summed E-state index contributed by atoms with van der Waals surface area (Å²) in [5.74, 6) is -0.701. The number of esters is 1. The number of imidazole rings is 1. The van der Waals surface area contributed by atoms with Gasteiger partial charge < -0.3 is 14.2 Å². The number of nitrogens with zero attached hydrogens (tertiary/aromatic N) is 4. The Morgan fingerprint density at radius 3 is 2.61 bits per heavy atom. The van der Waals surface area contributed by atoms with Crippen LogP contribution in [0, 0.1) is 0 Å². The highest BCUT2D eigenvalue weighted by Crippen LogP contribution is 2.19. The van der Waals surface area contributed by atoms with Crippen LogP contribution in [0.4, 0.5) is 0 Å². The summed E-state index contributed by atoms with van der Waals surface area (Å²) < 4.78 is 6.74. The number of aryl methyl sites for hydroxylation is 1. The van der Waals surface area contributed by atoms with Gasteiger partial charge in [0, 0.05) is 18.8 Å². The Labute approximate surface area is 135 Å². The van der Waals surface area contributed by atoms with Crippen LogP contribution in [-0.2, 0) is 16.6 Å². The Morgan fingerprint density at radius 1 is 1.30 bits per heavy atom. The van der Waals surface area contributed by atoms with Gasteiger partial charge in [0.25, 0.3) is 5.91 Å². The lowest BCUT2D eigenvalue weighted by Gasteiger charge is -2.34. The van der Waals surface area contributed by atoms with E-state index in [9.17, 15) is 9.59 Å². The number of hydrogen-bond acceptors (Lipinski definition) is 5. The maximum atomic E-state index is 12.8. The monoisotopic (exact) mass is 318 g/mol. The van der Waals surface area contributed by atoms with E-state index in [1.165, 1.54) is 11.1 Å². The minimum atomic E-state index is -0.525. The Balaban J connectivity index is 2.32. The molecule has 0 saturated heterocycles. The van der Waals surface area contributed by atoms with Gasteiger partial charge in [0.1, 0.15) is 12.1 Å². The zero-order chi connectivity index (χ0) is 17.2. The van der Waals surface area contributed by atoms with Crippen molar-refractivity contribution in [1.82, 2.24) is 19.4 Å². The van der Waals surface area contributed by atoms with Crippen molar-refractivity contribution in [3.05, 3.63) is 24.2 Å². The van der Waals surface area contributed by atoms with Crippen LogP contribution in [0.25, 0.3) is 11.2 Å².